The average molecular weight is 460 g/mol. The highest BCUT2D eigenvalue weighted by Gasteiger charge is 2.42. The predicted octanol–water partition coefficient (Wildman–Crippen LogP) is 4.47. The molecule has 6 nitrogen and oxygen atoms in total. The fraction of sp³-hybridized carbons (Fsp3) is 0.429. The lowest BCUT2D eigenvalue weighted by Crippen LogP contribution is -2.47. The first-order chi connectivity index (χ1) is 16.3. The van der Waals surface area contributed by atoms with Crippen LogP contribution in [0.3, 0.4) is 0 Å². The molecule has 1 amide bonds. The van der Waals surface area contributed by atoms with Gasteiger partial charge in [-0.2, -0.15) is 0 Å². The van der Waals surface area contributed by atoms with Crippen molar-refractivity contribution in [1.82, 2.24) is 4.90 Å². The maximum atomic E-state index is 13.7. The normalized spacial score (nSPS) is 22.0. The zero-order chi connectivity index (χ0) is 23.9. The molecule has 2 aromatic rings. The Bertz CT molecular complexity index is 1130. The van der Waals surface area contributed by atoms with Gasteiger partial charge in [0.25, 0.3) is 0 Å². The number of aryl methyl sites for hydroxylation is 1. The van der Waals surface area contributed by atoms with Crippen molar-refractivity contribution in [2.75, 3.05) is 43.1 Å². The van der Waals surface area contributed by atoms with Crippen LogP contribution < -0.4 is 10.2 Å². The van der Waals surface area contributed by atoms with Crippen LogP contribution in [-0.2, 0) is 14.3 Å². The Balaban J connectivity index is 1.66. The van der Waals surface area contributed by atoms with Crippen molar-refractivity contribution in [2.45, 2.75) is 39.7 Å². The van der Waals surface area contributed by atoms with E-state index >= 15 is 0 Å². The molecule has 6 heteroatoms. The van der Waals surface area contributed by atoms with Crippen LogP contribution >= 0.6 is 0 Å². The number of nitrogens with one attached hydrogen (secondary N) is 1. The average Bonchev–Trinajstić information content (AvgIpc) is 2.94. The molecule has 1 fully saturated rings. The molecule has 1 unspecified atom stereocenters. The molecule has 178 valence electrons. The van der Waals surface area contributed by atoms with E-state index in [9.17, 15) is 9.59 Å². The summed E-state index contributed by atoms with van der Waals surface area (Å²) in [4.78, 5) is 31.2. The van der Waals surface area contributed by atoms with E-state index in [0.717, 1.165) is 40.2 Å². The molecule has 1 aliphatic carbocycles. The Labute approximate surface area is 201 Å². The van der Waals surface area contributed by atoms with Crippen molar-refractivity contribution in [1.29, 1.82) is 0 Å². The Hall–Kier alpha value is -3.12. The van der Waals surface area contributed by atoms with Crippen molar-refractivity contribution in [3.63, 3.8) is 0 Å². The minimum absolute atomic E-state index is 0.0582. The first-order valence-corrected chi connectivity index (χ1v) is 12.1. The van der Waals surface area contributed by atoms with Crippen molar-refractivity contribution < 1.29 is 14.3 Å². The van der Waals surface area contributed by atoms with Gasteiger partial charge in [0.05, 0.1) is 37.2 Å². The van der Waals surface area contributed by atoms with Crippen molar-refractivity contribution in [2.24, 2.45) is 5.41 Å². The molecule has 2 aromatic carbocycles. The lowest BCUT2D eigenvalue weighted by atomic mass is 9.73. The molecular weight excluding hydrogens is 426 g/mol. The molecule has 0 bridgehead atoms. The molecule has 0 aromatic heterocycles. The molecule has 0 saturated carbocycles. The second kappa shape index (κ2) is 8.91. The fourth-order valence-electron chi connectivity index (χ4n) is 5.38. The summed E-state index contributed by atoms with van der Waals surface area (Å²) in [6.45, 7) is 8.88. The summed E-state index contributed by atoms with van der Waals surface area (Å²) in [6.07, 6.45) is 1.29. The van der Waals surface area contributed by atoms with Gasteiger partial charge in [0.2, 0.25) is 5.91 Å². The summed E-state index contributed by atoms with van der Waals surface area (Å²) in [5.74, 6) is 0.212. The van der Waals surface area contributed by atoms with Gasteiger partial charge in [-0.15, -0.1) is 0 Å². The van der Waals surface area contributed by atoms with E-state index in [1.807, 2.05) is 29.2 Å². The highest BCUT2D eigenvalue weighted by Crippen LogP contribution is 2.48. The van der Waals surface area contributed by atoms with E-state index < -0.39 is 0 Å². The van der Waals surface area contributed by atoms with Crippen molar-refractivity contribution >= 4 is 23.1 Å². The number of allylic oxidation sites excluding steroid dienone is 1. The summed E-state index contributed by atoms with van der Waals surface area (Å²) in [5, 5.41) is 3.61. The number of amides is 1. The van der Waals surface area contributed by atoms with Crippen LogP contribution in [0, 0.1) is 12.3 Å². The largest absolute Gasteiger partial charge is 0.378 e. The number of nitrogens with zero attached hydrogens (tertiary/aromatic N) is 2. The van der Waals surface area contributed by atoms with Crippen LogP contribution in [0.1, 0.15) is 43.9 Å². The topological polar surface area (TPSA) is 61.9 Å². The van der Waals surface area contributed by atoms with E-state index in [4.69, 9.17) is 4.74 Å². The lowest BCUT2D eigenvalue weighted by molar-refractivity contribution is -0.133. The minimum atomic E-state index is -0.333. The molecule has 2 heterocycles. The summed E-state index contributed by atoms with van der Waals surface area (Å²) in [6, 6.07) is 16.1. The van der Waals surface area contributed by atoms with Gasteiger partial charge >= 0.3 is 0 Å². The van der Waals surface area contributed by atoms with Crippen molar-refractivity contribution in [3.05, 3.63) is 70.9 Å². The van der Waals surface area contributed by atoms with E-state index in [2.05, 4.69) is 55.3 Å². The third-order valence-electron chi connectivity index (χ3n) is 7.07. The van der Waals surface area contributed by atoms with E-state index in [1.54, 1.807) is 0 Å². The Morgan fingerprint density at radius 2 is 1.76 bits per heavy atom. The minimum Gasteiger partial charge on any atom is -0.378 e. The van der Waals surface area contributed by atoms with Gasteiger partial charge in [-0.3, -0.25) is 9.59 Å². The monoisotopic (exact) mass is 459 g/mol. The third-order valence-corrected chi connectivity index (χ3v) is 7.07. The number of carbonyl (C=O) groups excluding carboxylic acids is 2. The van der Waals surface area contributed by atoms with Gasteiger partial charge in [-0.05, 0) is 36.5 Å². The number of rotatable bonds is 3. The predicted molar refractivity (Wildman–Crippen MR) is 134 cm³/mol. The lowest BCUT2D eigenvalue weighted by Gasteiger charge is -2.39. The van der Waals surface area contributed by atoms with Crippen LogP contribution in [0.2, 0.25) is 0 Å². The number of ether oxygens (including phenoxy) is 1. The molecule has 1 saturated heterocycles. The standard InChI is InChI=1S/C28H33N3O3/c1-19-8-10-20(11-9-19)27-26-22(16-28(2,3)17-24(26)32)29-21-6-4-5-7-23(21)31(27)18-25(33)30-12-14-34-15-13-30/h4-11,27,29H,12-18H2,1-3H3. The van der Waals surface area contributed by atoms with Gasteiger partial charge in [-0.25, -0.2) is 0 Å². The van der Waals surface area contributed by atoms with Crippen molar-refractivity contribution in [3.8, 4) is 0 Å². The van der Waals surface area contributed by atoms with Gasteiger partial charge in [0.1, 0.15) is 0 Å². The number of Topliss-reactive ketones (excluding diaryl/α,β-unsaturated/α-hetero) is 1. The van der Waals surface area contributed by atoms with E-state index in [0.29, 0.717) is 32.7 Å². The van der Waals surface area contributed by atoms with Gasteiger partial charge < -0.3 is 19.9 Å². The molecule has 0 spiro atoms. The Kier molecular flexibility index (Phi) is 5.94. The summed E-state index contributed by atoms with van der Waals surface area (Å²) in [7, 11) is 0. The van der Waals surface area contributed by atoms with Gasteiger partial charge in [-0.1, -0.05) is 55.8 Å². The number of morpholine rings is 1. The van der Waals surface area contributed by atoms with Gasteiger partial charge in [0.15, 0.2) is 5.78 Å². The summed E-state index contributed by atoms with van der Waals surface area (Å²) >= 11 is 0. The Morgan fingerprint density at radius 3 is 2.50 bits per heavy atom. The molecule has 5 rings (SSSR count). The molecular formula is C28H33N3O3. The fourth-order valence-corrected chi connectivity index (χ4v) is 5.38. The number of fused-ring (bicyclic) bond motifs is 1. The number of carbonyl (C=O) groups is 2. The number of hydrogen-bond acceptors (Lipinski definition) is 5. The second-order valence-electron chi connectivity index (χ2n) is 10.4. The van der Waals surface area contributed by atoms with Crippen LogP contribution in [-0.4, -0.2) is 49.4 Å². The van der Waals surface area contributed by atoms with Crippen LogP contribution in [0.5, 0.6) is 0 Å². The smallest absolute Gasteiger partial charge is 0.242 e. The first-order valence-electron chi connectivity index (χ1n) is 12.1. The summed E-state index contributed by atoms with van der Waals surface area (Å²) < 4.78 is 5.45. The first kappa shape index (κ1) is 22.7. The van der Waals surface area contributed by atoms with Crippen LogP contribution in [0.4, 0.5) is 11.4 Å². The van der Waals surface area contributed by atoms with Crippen LogP contribution in [0.25, 0.3) is 0 Å². The highest BCUT2D eigenvalue weighted by molar-refractivity contribution is 6.01. The highest BCUT2D eigenvalue weighted by atomic mass is 16.5. The van der Waals surface area contributed by atoms with Gasteiger partial charge in [0, 0.05) is 30.8 Å². The number of para-hydroxylation sites is 2. The van der Waals surface area contributed by atoms with Crippen LogP contribution in [0.15, 0.2) is 59.8 Å². The Morgan fingerprint density at radius 1 is 1.06 bits per heavy atom. The zero-order valence-corrected chi connectivity index (χ0v) is 20.3. The number of anilines is 2. The molecule has 34 heavy (non-hydrogen) atoms. The SMILES string of the molecule is Cc1ccc(C2C3=C(CC(C)(C)CC3=O)Nc3ccccc3N2CC(=O)N2CCOCC2)cc1. The van der Waals surface area contributed by atoms with E-state index in [-0.39, 0.29) is 29.7 Å². The molecule has 1 atom stereocenters. The molecule has 0 radical (unpaired) electrons. The van der Waals surface area contributed by atoms with E-state index in [1.165, 1.54) is 0 Å². The number of benzene rings is 2. The maximum Gasteiger partial charge on any atom is 0.242 e. The second-order valence-corrected chi connectivity index (χ2v) is 10.4. The number of hydrogen-bond donors (Lipinski definition) is 1. The molecule has 3 aliphatic rings. The maximum absolute atomic E-state index is 13.7. The quantitative estimate of drug-likeness (QED) is 0.734. The number of ketones is 1. The molecule has 1 N–H and O–H groups in total. The summed E-state index contributed by atoms with van der Waals surface area (Å²) in [5.41, 5.74) is 5.71. The third kappa shape index (κ3) is 4.34. The zero-order valence-electron chi connectivity index (χ0n) is 20.3. The molecule has 2 aliphatic heterocycles.